The van der Waals surface area contributed by atoms with E-state index in [1.165, 1.54) is 0 Å². The monoisotopic (exact) mass is 350 g/mol. The van der Waals surface area contributed by atoms with Gasteiger partial charge < -0.3 is 10.6 Å². The fraction of sp³-hybridized carbons (Fsp3) is 0.105. The van der Waals surface area contributed by atoms with Crippen molar-refractivity contribution in [1.29, 1.82) is 0 Å². The lowest BCUT2D eigenvalue weighted by molar-refractivity contribution is -0.107. The second-order valence-electron chi connectivity index (χ2n) is 5.44. The zero-order chi connectivity index (χ0) is 17.6. The molecule has 2 aromatic carbocycles. The fourth-order valence-corrected chi connectivity index (χ4v) is 3.38. The van der Waals surface area contributed by atoms with Crippen LogP contribution in [0.15, 0.2) is 70.6 Å². The van der Waals surface area contributed by atoms with Crippen molar-refractivity contribution in [3.8, 4) is 0 Å². The lowest BCUT2D eigenvalue weighted by Crippen LogP contribution is -2.22. The number of rotatable bonds is 6. The van der Waals surface area contributed by atoms with Gasteiger partial charge in [0.25, 0.3) is 0 Å². The highest BCUT2D eigenvalue weighted by molar-refractivity contribution is 7.99. The molecule has 0 unspecified atom stereocenters. The lowest BCUT2D eigenvalue weighted by atomic mass is 10.2. The highest BCUT2D eigenvalue weighted by atomic mass is 32.2. The maximum absolute atomic E-state index is 11.7. The summed E-state index contributed by atoms with van der Waals surface area (Å²) in [7, 11) is 0. The predicted octanol–water partition coefficient (Wildman–Crippen LogP) is 3.68. The van der Waals surface area contributed by atoms with Gasteiger partial charge in [-0.15, -0.1) is 0 Å². The molecule has 0 saturated carbocycles. The number of anilines is 2. The molecule has 0 bridgehead atoms. The maximum atomic E-state index is 11.7. The molecule has 5 nitrogen and oxygen atoms in total. The third-order valence-corrected chi connectivity index (χ3v) is 4.71. The molecular formula is C19H18N4OS. The number of hydrogen-bond acceptors (Lipinski definition) is 5. The number of nitrogens with two attached hydrogens (primary N) is 1. The van der Waals surface area contributed by atoms with Crippen molar-refractivity contribution in [2.75, 3.05) is 10.6 Å². The number of hydrogen-bond donors (Lipinski definition) is 1. The first kappa shape index (κ1) is 17.0. The molecule has 0 radical (unpaired) electrons. The molecule has 1 heterocycles. The molecule has 25 heavy (non-hydrogen) atoms. The molecule has 3 rings (SSSR count). The van der Waals surface area contributed by atoms with Gasteiger partial charge in [-0.05, 0) is 31.2 Å². The molecule has 0 aliphatic rings. The molecule has 0 fully saturated rings. The highest BCUT2D eigenvalue weighted by Gasteiger charge is 2.14. The number of nitrogens with zero attached hydrogens (tertiary/aromatic N) is 3. The Hall–Kier alpha value is -2.86. The van der Waals surface area contributed by atoms with Gasteiger partial charge in [-0.25, -0.2) is 9.97 Å². The van der Waals surface area contributed by atoms with E-state index >= 15 is 0 Å². The van der Waals surface area contributed by atoms with Gasteiger partial charge in [-0.1, -0.05) is 42.1 Å². The number of aryl methyl sites for hydroxylation is 1. The summed E-state index contributed by atoms with van der Waals surface area (Å²) in [5.41, 5.74) is 7.51. The molecular weight excluding hydrogens is 332 g/mol. The Bertz CT molecular complexity index is 870. The van der Waals surface area contributed by atoms with Crippen LogP contribution in [0.5, 0.6) is 0 Å². The minimum atomic E-state index is 0.321. The van der Waals surface area contributed by atoms with Gasteiger partial charge in [0.1, 0.15) is 11.6 Å². The lowest BCUT2D eigenvalue weighted by Gasteiger charge is -2.21. The Morgan fingerprint density at radius 2 is 1.84 bits per heavy atom. The predicted molar refractivity (Wildman–Crippen MR) is 100 cm³/mol. The maximum Gasteiger partial charge on any atom is 0.214 e. The first-order valence-corrected chi connectivity index (χ1v) is 8.61. The third kappa shape index (κ3) is 4.16. The molecule has 126 valence electrons. The van der Waals surface area contributed by atoms with Crippen molar-refractivity contribution in [3.63, 3.8) is 0 Å². The van der Waals surface area contributed by atoms with Gasteiger partial charge in [-0.3, -0.25) is 4.79 Å². The van der Waals surface area contributed by atoms with Crippen LogP contribution >= 0.6 is 11.8 Å². The topological polar surface area (TPSA) is 72.1 Å². The standard InChI is InChI=1S/C19H18N4OS/c1-14-21-11-15(19(20)22-14)12-23(13-24)17-9-5-6-10-18(17)25-16-7-3-2-4-8-16/h2-11,13H,12H2,1H3,(H2,20,21,22). The van der Waals surface area contributed by atoms with Gasteiger partial charge in [0.2, 0.25) is 6.41 Å². The Labute approximate surface area is 150 Å². The van der Waals surface area contributed by atoms with Crippen LogP contribution in [0.4, 0.5) is 11.5 Å². The van der Waals surface area contributed by atoms with Crippen LogP contribution in [-0.2, 0) is 11.3 Å². The molecule has 1 aromatic heterocycles. The van der Waals surface area contributed by atoms with Gasteiger partial charge in [0.15, 0.2) is 0 Å². The summed E-state index contributed by atoms with van der Waals surface area (Å²) >= 11 is 1.61. The number of carbonyl (C=O) groups excluding carboxylic acids is 1. The molecule has 2 N–H and O–H groups in total. The van der Waals surface area contributed by atoms with Gasteiger partial charge >= 0.3 is 0 Å². The number of amides is 1. The minimum Gasteiger partial charge on any atom is -0.383 e. The molecule has 1 amide bonds. The van der Waals surface area contributed by atoms with Crippen LogP contribution in [0, 0.1) is 6.92 Å². The van der Waals surface area contributed by atoms with Crippen molar-refractivity contribution in [2.45, 2.75) is 23.3 Å². The van der Waals surface area contributed by atoms with Crippen LogP contribution in [0.25, 0.3) is 0 Å². The van der Waals surface area contributed by atoms with E-state index in [0.717, 1.165) is 27.5 Å². The molecule has 0 spiro atoms. The quantitative estimate of drug-likeness (QED) is 0.687. The van der Waals surface area contributed by atoms with E-state index in [1.54, 1.807) is 29.8 Å². The minimum absolute atomic E-state index is 0.321. The summed E-state index contributed by atoms with van der Waals surface area (Å²) in [5.74, 6) is 1.01. The van der Waals surface area contributed by atoms with Gasteiger partial charge in [-0.2, -0.15) is 0 Å². The smallest absolute Gasteiger partial charge is 0.214 e. The molecule has 3 aromatic rings. The van der Waals surface area contributed by atoms with E-state index in [4.69, 9.17) is 5.73 Å². The van der Waals surface area contributed by atoms with E-state index in [2.05, 4.69) is 9.97 Å². The number of carbonyl (C=O) groups is 1. The van der Waals surface area contributed by atoms with Crippen molar-refractivity contribution in [2.24, 2.45) is 0 Å². The van der Waals surface area contributed by atoms with Gasteiger partial charge in [0.05, 0.1) is 12.2 Å². The van der Waals surface area contributed by atoms with E-state index in [0.29, 0.717) is 18.2 Å². The van der Waals surface area contributed by atoms with E-state index in [-0.39, 0.29) is 0 Å². The highest BCUT2D eigenvalue weighted by Crippen LogP contribution is 2.35. The van der Waals surface area contributed by atoms with Crippen LogP contribution in [-0.4, -0.2) is 16.4 Å². The summed E-state index contributed by atoms with van der Waals surface area (Å²) < 4.78 is 0. The third-order valence-electron chi connectivity index (χ3n) is 3.63. The number of nitrogen functional groups attached to an aromatic ring is 1. The first-order chi connectivity index (χ1) is 12.2. The van der Waals surface area contributed by atoms with E-state index in [1.807, 2.05) is 54.6 Å². The van der Waals surface area contributed by atoms with Crippen LogP contribution in [0.1, 0.15) is 11.4 Å². The Balaban J connectivity index is 1.89. The number of aromatic nitrogens is 2. The summed E-state index contributed by atoms with van der Waals surface area (Å²) in [6, 6.07) is 17.8. The average Bonchev–Trinajstić information content (AvgIpc) is 2.63. The summed E-state index contributed by atoms with van der Waals surface area (Å²) in [6.07, 6.45) is 2.48. The second-order valence-corrected chi connectivity index (χ2v) is 6.56. The Morgan fingerprint density at radius 1 is 1.12 bits per heavy atom. The average molecular weight is 350 g/mol. The summed E-state index contributed by atoms with van der Waals surface area (Å²) in [5, 5.41) is 0. The Morgan fingerprint density at radius 3 is 2.56 bits per heavy atom. The summed E-state index contributed by atoms with van der Waals surface area (Å²) in [6.45, 7) is 2.10. The second kappa shape index (κ2) is 7.81. The molecule has 6 heteroatoms. The largest absolute Gasteiger partial charge is 0.383 e. The van der Waals surface area contributed by atoms with E-state index < -0.39 is 0 Å². The van der Waals surface area contributed by atoms with Crippen molar-refractivity contribution in [1.82, 2.24) is 9.97 Å². The van der Waals surface area contributed by atoms with E-state index in [9.17, 15) is 4.79 Å². The van der Waals surface area contributed by atoms with Crippen LogP contribution < -0.4 is 10.6 Å². The zero-order valence-corrected chi connectivity index (χ0v) is 14.6. The molecule has 0 aliphatic carbocycles. The van der Waals surface area contributed by atoms with Crippen LogP contribution in [0.2, 0.25) is 0 Å². The van der Waals surface area contributed by atoms with Crippen molar-refractivity contribution < 1.29 is 4.79 Å². The number of para-hydroxylation sites is 1. The van der Waals surface area contributed by atoms with Crippen molar-refractivity contribution >= 4 is 29.7 Å². The summed E-state index contributed by atoms with van der Waals surface area (Å²) in [4.78, 5) is 23.8. The molecule has 0 aliphatic heterocycles. The fourth-order valence-electron chi connectivity index (χ4n) is 2.39. The Kier molecular flexibility index (Phi) is 5.30. The SMILES string of the molecule is Cc1ncc(CN(C=O)c2ccccc2Sc2ccccc2)c(N)n1. The number of benzene rings is 2. The normalized spacial score (nSPS) is 10.4. The first-order valence-electron chi connectivity index (χ1n) is 7.79. The van der Waals surface area contributed by atoms with Gasteiger partial charge in [0, 0.05) is 21.6 Å². The van der Waals surface area contributed by atoms with Crippen LogP contribution in [0.3, 0.4) is 0 Å². The zero-order valence-electron chi connectivity index (χ0n) is 13.8. The molecule has 0 saturated heterocycles. The molecule has 0 atom stereocenters. The van der Waals surface area contributed by atoms with Crippen molar-refractivity contribution in [3.05, 3.63) is 72.2 Å².